The molecule has 0 saturated heterocycles. The molecule has 2 heteroatoms. The van der Waals surface area contributed by atoms with E-state index in [1.54, 1.807) is 0 Å². The maximum absolute atomic E-state index is 11.6. The highest BCUT2D eigenvalue weighted by molar-refractivity contribution is 5.79. The highest BCUT2D eigenvalue weighted by Crippen LogP contribution is 2.09. The van der Waals surface area contributed by atoms with Crippen LogP contribution < -0.4 is 5.32 Å². The van der Waals surface area contributed by atoms with E-state index < -0.39 is 0 Å². The van der Waals surface area contributed by atoms with E-state index in [1.165, 1.54) is 0 Å². The van der Waals surface area contributed by atoms with Gasteiger partial charge in [0.05, 0.1) is 6.42 Å². The second kappa shape index (κ2) is 4.78. The molecule has 2 nitrogen and oxygen atoms in total. The van der Waals surface area contributed by atoms with Gasteiger partial charge in [-0.15, -0.1) is 0 Å². The molecule has 0 fully saturated rings. The van der Waals surface area contributed by atoms with Crippen LogP contribution in [0.1, 0.15) is 18.4 Å². The van der Waals surface area contributed by atoms with E-state index in [0.29, 0.717) is 6.42 Å². The monoisotopic (exact) mass is 201 g/mol. The third-order valence-corrected chi connectivity index (χ3v) is 2.57. The topological polar surface area (TPSA) is 29.1 Å². The predicted molar refractivity (Wildman–Crippen MR) is 60.5 cm³/mol. The number of amides is 1. The molecule has 1 aromatic carbocycles. The molecule has 0 saturated carbocycles. The number of hydrogen-bond acceptors (Lipinski definition) is 1. The summed E-state index contributed by atoms with van der Waals surface area (Å²) in [5, 5.41) is 3.00. The Morgan fingerprint density at radius 3 is 2.80 bits per heavy atom. The third kappa shape index (κ3) is 2.94. The number of carbonyl (C=O) groups excluding carboxylic acids is 1. The Labute approximate surface area is 90.0 Å². The summed E-state index contributed by atoms with van der Waals surface area (Å²) in [6.45, 7) is 0. The minimum Gasteiger partial charge on any atom is -0.350 e. The van der Waals surface area contributed by atoms with Crippen LogP contribution in [0.3, 0.4) is 0 Å². The maximum atomic E-state index is 11.6. The van der Waals surface area contributed by atoms with Crippen molar-refractivity contribution < 1.29 is 4.79 Å². The van der Waals surface area contributed by atoms with Crippen LogP contribution in [0.5, 0.6) is 0 Å². The maximum Gasteiger partial charge on any atom is 0.224 e. The van der Waals surface area contributed by atoms with E-state index in [4.69, 9.17) is 0 Å². The van der Waals surface area contributed by atoms with Crippen LogP contribution in [0.4, 0.5) is 0 Å². The van der Waals surface area contributed by atoms with Crippen LogP contribution in [-0.2, 0) is 11.2 Å². The first-order valence-corrected chi connectivity index (χ1v) is 5.34. The van der Waals surface area contributed by atoms with Crippen molar-refractivity contribution in [1.29, 1.82) is 0 Å². The van der Waals surface area contributed by atoms with Crippen molar-refractivity contribution in [3.05, 3.63) is 48.0 Å². The molecule has 0 heterocycles. The van der Waals surface area contributed by atoms with Crippen molar-refractivity contribution in [2.75, 3.05) is 0 Å². The van der Waals surface area contributed by atoms with E-state index in [-0.39, 0.29) is 11.9 Å². The summed E-state index contributed by atoms with van der Waals surface area (Å²) in [5.74, 6) is 0.109. The zero-order valence-electron chi connectivity index (χ0n) is 8.65. The second-order valence-electron chi connectivity index (χ2n) is 3.84. The summed E-state index contributed by atoms with van der Waals surface area (Å²) in [4.78, 5) is 11.6. The molecule has 78 valence electrons. The number of hydrogen-bond donors (Lipinski definition) is 1. The fraction of sp³-hybridized carbons (Fsp3) is 0.308. The molecule has 1 aromatic rings. The van der Waals surface area contributed by atoms with Gasteiger partial charge in [-0.3, -0.25) is 4.79 Å². The van der Waals surface area contributed by atoms with Gasteiger partial charge in [0.1, 0.15) is 0 Å². The van der Waals surface area contributed by atoms with Gasteiger partial charge in [-0.25, -0.2) is 0 Å². The van der Waals surface area contributed by atoms with Crippen molar-refractivity contribution in [2.24, 2.45) is 0 Å². The van der Waals surface area contributed by atoms with E-state index >= 15 is 0 Å². The first kappa shape index (κ1) is 9.97. The normalized spacial score (nSPS) is 19.1. The van der Waals surface area contributed by atoms with Crippen LogP contribution in [-0.4, -0.2) is 11.9 Å². The fourth-order valence-electron chi connectivity index (χ4n) is 1.79. The van der Waals surface area contributed by atoms with E-state index in [9.17, 15) is 4.79 Å². The Morgan fingerprint density at radius 1 is 1.33 bits per heavy atom. The van der Waals surface area contributed by atoms with Crippen LogP contribution in [0.15, 0.2) is 42.5 Å². The molecule has 0 spiro atoms. The summed E-state index contributed by atoms with van der Waals surface area (Å²) in [6, 6.07) is 10.1. The first-order chi connectivity index (χ1) is 7.34. The van der Waals surface area contributed by atoms with Gasteiger partial charge in [0.25, 0.3) is 0 Å². The number of carbonyl (C=O) groups is 1. The average Bonchev–Trinajstić information content (AvgIpc) is 2.71. The summed E-state index contributed by atoms with van der Waals surface area (Å²) in [7, 11) is 0. The SMILES string of the molecule is O=C(Cc1ccccc1)NC1C=CCC1. The van der Waals surface area contributed by atoms with Gasteiger partial charge in [0.2, 0.25) is 5.91 Å². The lowest BCUT2D eigenvalue weighted by Crippen LogP contribution is -2.33. The molecule has 1 aliphatic rings. The molecule has 1 aliphatic carbocycles. The Morgan fingerprint density at radius 2 is 2.13 bits per heavy atom. The molecule has 1 unspecified atom stereocenters. The largest absolute Gasteiger partial charge is 0.350 e. The quantitative estimate of drug-likeness (QED) is 0.745. The van der Waals surface area contributed by atoms with Crippen molar-refractivity contribution in [3.8, 4) is 0 Å². The summed E-state index contributed by atoms with van der Waals surface area (Å²) >= 11 is 0. The number of benzene rings is 1. The van der Waals surface area contributed by atoms with Crippen LogP contribution >= 0.6 is 0 Å². The van der Waals surface area contributed by atoms with Gasteiger partial charge in [0, 0.05) is 6.04 Å². The van der Waals surface area contributed by atoms with E-state index in [0.717, 1.165) is 18.4 Å². The fourth-order valence-corrected chi connectivity index (χ4v) is 1.79. The number of nitrogens with one attached hydrogen (secondary N) is 1. The van der Waals surface area contributed by atoms with Crippen molar-refractivity contribution in [3.63, 3.8) is 0 Å². The first-order valence-electron chi connectivity index (χ1n) is 5.34. The summed E-state index contributed by atoms with van der Waals surface area (Å²) in [5.41, 5.74) is 1.07. The van der Waals surface area contributed by atoms with Crippen LogP contribution in [0, 0.1) is 0 Å². The highest BCUT2D eigenvalue weighted by atomic mass is 16.1. The van der Waals surface area contributed by atoms with Gasteiger partial charge in [-0.2, -0.15) is 0 Å². The molecule has 2 rings (SSSR count). The third-order valence-electron chi connectivity index (χ3n) is 2.57. The molecular weight excluding hydrogens is 186 g/mol. The molecule has 0 radical (unpaired) electrons. The standard InChI is InChI=1S/C13H15NO/c15-13(14-12-8-4-5-9-12)10-11-6-2-1-3-7-11/h1-4,6-8,12H,5,9-10H2,(H,14,15). The number of allylic oxidation sites excluding steroid dienone is 1. The Bertz CT molecular complexity index is 356. The van der Waals surface area contributed by atoms with Crippen molar-refractivity contribution >= 4 is 5.91 Å². The lowest BCUT2D eigenvalue weighted by atomic mass is 10.1. The van der Waals surface area contributed by atoms with Crippen LogP contribution in [0.2, 0.25) is 0 Å². The number of rotatable bonds is 3. The van der Waals surface area contributed by atoms with E-state index in [2.05, 4.69) is 17.5 Å². The molecule has 15 heavy (non-hydrogen) atoms. The zero-order valence-corrected chi connectivity index (χ0v) is 8.65. The van der Waals surface area contributed by atoms with Crippen molar-refractivity contribution in [1.82, 2.24) is 5.32 Å². The highest BCUT2D eigenvalue weighted by Gasteiger charge is 2.11. The Balaban J connectivity index is 1.84. The molecule has 1 amide bonds. The molecule has 0 aliphatic heterocycles. The Hall–Kier alpha value is -1.57. The molecular formula is C13H15NO. The van der Waals surface area contributed by atoms with Gasteiger partial charge in [0.15, 0.2) is 0 Å². The molecule has 1 atom stereocenters. The summed E-state index contributed by atoms with van der Waals surface area (Å²) < 4.78 is 0. The average molecular weight is 201 g/mol. The molecule has 0 aromatic heterocycles. The van der Waals surface area contributed by atoms with Gasteiger partial charge >= 0.3 is 0 Å². The van der Waals surface area contributed by atoms with Crippen LogP contribution in [0.25, 0.3) is 0 Å². The lowest BCUT2D eigenvalue weighted by molar-refractivity contribution is -0.120. The van der Waals surface area contributed by atoms with Gasteiger partial charge < -0.3 is 5.32 Å². The minimum absolute atomic E-state index is 0.109. The van der Waals surface area contributed by atoms with Crippen molar-refractivity contribution in [2.45, 2.75) is 25.3 Å². The lowest BCUT2D eigenvalue weighted by Gasteiger charge is -2.10. The van der Waals surface area contributed by atoms with E-state index in [1.807, 2.05) is 30.3 Å². The minimum atomic E-state index is 0.109. The summed E-state index contributed by atoms with van der Waals surface area (Å²) in [6.07, 6.45) is 6.79. The van der Waals surface area contributed by atoms with Gasteiger partial charge in [-0.1, -0.05) is 42.5 Å². The predicted octanol–water partition coefficient (Wildman–Crippen LogP) is 2.06. The Kier molecular flexibility index (Phi) is 3.18. The second-order valence-corrected chi connectivity index (χ2v) is 3.84. The van der Waals surface area contributed by atoms with Gasteiger partial charge in [-0.05, 0) is 18.4 Å². The zero-order chi connectivity index (χ0) is 10.5. The molecule has 0 bridgehead atoms. The molecule has 1 N–H and O–H groups in total. The smallest absolute Gasteiger partial charge is 0.224 e.